The van der Waals surface area contributed by atoms with E-state index in [-0.39, 0.29) is 0 Å². The van der Waals surface area contributed by atoms with Crippen molar-refractivity contribution in [3.05, 3.63) is 213 Å². The van der Waals surface area contributed by atoms with E-state index in [4.69, 9.17) is 15.2 Å². The Morgan fingerprint density at radius 2 is 0.631 bits per heavy atom. The van der Waals surface area contributed by atoms with Gasteiger partial charge in [-0.05, 0) is 227 Å². The highest BCUT2D eigenvalue weighted by Gasteiger charge is 2.10. The number of nitrogens with two attached hydrogens (primary N) is 1. The molecular weight excluding hydrogens is 1260 g/mol. The van der Waals surface area contributed by atoms with Crippen molar-refractivity contribution in [1.29, 1.82) is 0 Å². The third-order valence-corrected chi connectivity index (χ3v) is 16.2. The van der Waals surface area contributed by atoms with Crippen LogP contribution in [-0.2, 0) is 86.9 Å². The molecule has 3 aromatic heterocycles. The summed E-state index contributed by atoms with van der Waals surface area (Å²) >= 11 is 0. The molecule has 8 nitrogen and oxygen atoms in total. The van der Waals surface area contributed by atoms with Gasteiger partial charge in [-0.25, -0.2) is 9.97 Å². The molecule has 0 spiro atoms. The van der Waals surface area contributed by atoms with Crippen molar-refractivity contribution in [2.24, 2.45) is 71.0 Å². The van der Waals surface area contributed by atoms with Gasteiger partial charge >= 0.3 is 0 Å². The molecule has 0 amide bonds. The number of nitrogen functional groups attached to an aromatic ring is 1. The Kier molecular flexibility index (Phi) is 50.2. The van der Waals surface area contributed by atoms with Gasteiger partial charge < -0.3 is 15.2 Å². The molecule has 8 heteroatoms. The summed E-state index contributed by atoms with van der Waals surface area (Å²) in [6, 6.07) is 37.4. The molecule has 0 aliphatic carbocycles. The lowest BCUT2D eigenvalue weighted by Gasteiger charge is -2.11. The number of nitrogens with zero attached hydrogens (tertiary/aromatic N) is 5. The summed E-state index contributed by atoms with van der Waals surface area (Å²) in [6.07, 6.45) is 22.8. The minimum atomic E-state index is 0.629. The Labute approximate surface area is 635 Å². The van der Waals surface area contributed by atoms with Crippen molar-refractivity contribution in [3.63, 3.8) is 0 Å². The van der Waals surface area contributed by atoms with Crippen LogP contribution in [0.15, 0.2) is 134 Å². The van der Waals surface area contributed by atoms with E-state index in [1.807, 2.05) is 43.1 Å². The molecule has 103 heavy (non-hydrogen) atoms. The number of ether oxygens (including phenoxy) is 2. The summed E-state index contributed by atoms with van der Waals surface area (Å²) in [4.78, 5) is 21.9. The molecule has 7 rings (SSSR count). The Balaban J connectivity index is 0.000000603. The number of anilines is 1. The molecule has 4 aromatic carbocycles. The zero-order valence-electron chi connectivity index (χ0n) is 71.2. The fraction of sp³-hybridized carbons (Fsp3) is 0.611. The average molecular weight is 1410 g/mol. The average Bonchev–Trinajstić information content (AvgIpc) is 0.905. The summed E-state index contributed by atoms with van der Waals surface area (Å²) in [5.74, 6) is 10.6. The van der Waals surface area contributed by atoms with Crippen LogP contribution in [0.3, 0.4) is 0 Å². The molecule has 3 heterocycles. The monoisotopic (exact) mass is 1410 g/mol. The number of benzene rings is 4. The van der Waals surface area contributed by atoms with Gasteiger partial charge in [-0.15, -0.1) is 0 Å². The summed E-state index contributed by atoms with van der Waals surface area (Å²) in [6.45, 7) is 65.5. The lowest BCUT2D eigenvalue weighted by molar-refractivity contribution is 0.110. The number of rotatable bonds is 32. The highest BCUT2D eigenvalue weighted by molar-refractivity contribution is 5.44. The predicted molar refractivity (Wildman–Crippen MR) is 450 cm³/mol. The topological polar surface area (TPSA) is 109 Å². The lowest BCUT2D eigenvalue weighted by atomic mass is 9.98. The van der Waals surface area contributed by atoms with Gasteiger partial charge in [-0.1, -0.05) is 279 Å². The molecule has 0 bridgehead atoms. The number of pyridine rings is 1. The highest BCUT2D eigenvalue weighted by Crippen LogP contribution is 2.21. The van der Waals surface area contributed by atoms with E-state index >= 15 is 0 Å². The smallest absolute Gasteiger partial charge is 0.128 e. The van der Waals surface area contributed by atoms with Gasteiger partial charge in [0, 0.05) is 62.0 Å². The summed E-state index contributed by atoms with van der Waals surface area (Å²) in [5.41, 5.74) is 24.0. The van der Waals surface area contributed by atoms with Gasteiger partial charge in [-0.3, -0.25) is 15.0 Å². The van der Waals surface area contributed by atoms with Crippen molar-refractivity contribution in [3.8, 4) is 0 Å². The van der Waals surface area contributed by atoms with Crippen molar-refractivity contribution >= 4 is 5.69 Å². The van der Waals surface area contributed by atoms with Crippen LogP contribution in [0.2, 0.25) is 0 Å². The quantitative estimate of drug-likeness (QED) is 0.0328. The van der Waals surface area contributed by atoms with Crippen molar-refractivity contribution < 1.29 is 9.47 Å². The van der Waals surface area contributed by atoms with Crippen molar-refractivity contribution in [2.45, 2.75) is 296 Å². The van der Waals surface area contributed by atoms with Gasteiger partial charge in [-0.2, -0.15) is 0 Å². The molecule has 0 atom stereocenters. The first-order valence-corrected chi connectivity index (χ1v) is 40.3. The fourth-order valence-electron chi connectivity index (χ4n) is 11.4. The molecule has 0 radical (unpaired) electrons. The normalized spacial score (nSPS) is 11.3. The van der Waals surface area contributed by atoms with Gasteiger partial charge in [0.15, 0.2) is 0 Å². The van der Waals surface area contributed by atoms with Crippen molar-refractivity contribution in [2.75, 3.05) is 18.9 Å². The van der Waals surface area contributed by atoms with E-state index in [0.717, 1.165) is 125 Å². The largest absolute Gasteiger partial charge is 0.399 e. The second kappa shape index (κ2) is 54.5. The van der Waals surface area contributed by atoms with Crippen LogP contribution >= 0.6 is 0 Å². The van der Waals surface area contributed by atoms with E-state index in [0.29, 0.717) is 71.7 Å². The maximum Gasteiger partial charge on any atom is 0.128 e. The molecule has 576 valence electrons. The van der Waals surface area contributed by atoms with Gasteiger partial charge in [0.25, 0.3) is 0 Å². The van der Waals surface area contributed by atoms with Crippen LogP contribution in [0.5, 0.6) is 0 Å². The SMILES string of the molecule is CC(C)CCOCc1cc(N)cc(CC(C)C)c1.CC(C)CCOCc1cccc(CC(C)C)c1.CC(C)Cc1ccc(C(C)C)cc1.CC(C)Cc1ccc(C(C)C)cc1.CC(C)Cc1ccnc(CC(C)C)n1.CC(C)Cc1cncc(CC(C)C)c1.CC(C)Cc1cncc(CC(C)C)n1. The fourth-order valence-corrected chi connectivity index (χ4v) is 11.4. The molecule has 0 saturated carbocycles. The number of aromatic nitrogens is 5. The van der Waals surface area contributed by atoms with Crippen LogP contribution < -0.4 is 5.73 Å². The minimum absolute atomic E-state index is 0.629. The minimum Gasteiger partial charge on any atom is -0.399 e. The van der Waals surface area contributed by atoms with Crippen molar-refractivity contribution in [1.82, 2.24) is 24.9 Å². The van der Waals surface area contributed by atoms with Gasteiger partial charge in [0.1, 0.15) is 5.82 Å². The standard InChI is InChI=1S/C16H27NO.C16H26O.C13H21N.2C13H20.2C12H20N2/c1-12(2)5-6-18-11-15-8-14(7-13(3)4)9-16(17)10-15;1-13(2)8-9-17-12-16-7-5-6-15(11-16)10-14(3)4;1-10(2)5-12-7-13(6-11(3)4)9-14-8-12;2*1-10(2)9-12-5-7-13(8-6-12)11(3)4;1-9(2)5-11-7-13-8-12(14-11)6-10(3)4;1-9(2)7-11-5-6-13-12(14-11)8-10(3)4/h8-10,12-13H,5-7,11,17H2,1-4H3;5-7,11,13-14H,8-10,12H2,1-4H3;7-11H,5-6H2,1-4H3;2*5-8,10-11H,9H2,1-4H3;7-10H,5-6H2,1-4H3;5-6,9-10H,7-8H2,1-4H3. The molecule has 0 aliphatic rings. The van der Waals surface area contributed by atoms with E-state index in [9.17, 15) is 0 Å². The maximum atomic E-state index is 5.93. The van der Waals surface area contributed by atoms with Crippen LogP contribution in [0.25, 0.3) is 0 Å². The lowest BCUT2D eigenvalue weighted by Crippen LogP contribution is -2.04. The first-order chi connectivity index (χ1) is 48.5. The Hall–Kier alpha value is -6.09. The van der Waals surface area contributed by atoms with E-state index in [1.165, 1.54) is 74.2 Å². The van der Waals surface area contributed by atoms with E-state index < -0.39 is 0 Å². The zero-order chi connectivity index (χ0) is 77.6. The van der Waals surface area contributed by atoms with Gasteiger partial charge in [0.2, 0.25) is 0 Å². The maximum absolute atomic E-state index is 5.93. The summed E-state index contributed by atoms with van der Waals surface area (Å²) in [5, 5.41) is 0. The first kappa shape index (κ1) is 94.9. The summed E-state index contributed by atoms with van der Waals surface area (Å²) < 4.78 is 11.4. The molecule has 0 unspecified atom stereocenters. The molecule has 2 N–H and O–H groups in total. The molecule has 7 aromatic rings. The van der Waals surface area contributed by atoms with E-state index in [2.05, 4.69) is 310 Å². The first-order valence-electron chi connectivity index (χ1n) is 40.3. The zero-order valence-corrected chi connectivity index (χ0v) is 71.2. The molecule has 0 aliphatic heterocycles. The Bertz CT molecular complexity index is 2930. The van der Waals surface area contributed by atoms with E-state index in [1.54, 1.807) is 0 Å². The number of hydrogen-bond acceptors (Lipinski definition) is 8. The molecule has 0 saturated heterocycles. The van der Waals surface area contributed by atoms with Crippen LogP contribution in [-0.4, -0.2) is 38.1 Å². The summed E-state index contributed by atoms with van der Waals surface area (Å²) in [7, 11) is 0. The third kappa shape index (κ3) is 51.7. The predicted octanol–water partition coefficient (Wildman–Crippen LogP) is 25.7. The third-order valence-electron chi connectivity index (χ3n) is 16.2. The second-order valence-corrected chi connectivity index (χ2v) is 34.8. The van der Waals surface area contributed by atoms with Crippen LogP contribution in [0, 0.1) is 71.0 Å². The van der Waals surface area contributed by atoms with Crippen LogP contribution in [0.4, 0.5) is 5.69 Å². The molecule has 0 fully saturated rings. The second-order valence-electron chi connectivity index (χ2n) is 34.8. The van der Waals surface area contributed by atoms with Gasteiger partial charge in [0.05, 0.1) is 24.6 Å². The van der Waals surface area contributed by atoms with Crippen LogP contribution in [0.1, 0.15) is 297 Å². The number of hydrogen-bond donors (Lipinski definition) is 1. The highest BCUT2D eigenvalue weighted by atomic mass is 16.5. The Morgan fingerprint density at radius 3 is 1.04 bits per heavy atom. The Morgan fingerprint density at radius 1 is 0.291 bits per heavy atom. The molecular formula is C95H154N6O2.